The normalized spacial score (nSPS) is 13.3. The van der Waals surface area contributed by atoms with Gasteiger partial charge in [-0.2, -0.15) is 11.8 Å². The molecule has 0 saturated carbocycles. The first kappa shape index (κ1) is 14.0. The molecule has 1 heterocycles. The third kappa shape index (κ3) is 5.32. The van der Waals surface area contributed by atoms with E-state index in [1.54, 1.807) is 0 Å². The van der Waals surface area contributed by atoms with Crippen LogP contribution in [0.1, 0.15) is 44.0 Å². The first-order valence-corrected chi connectivity index (χ1v) is 7.77. The lowest BCUT2D eigenvalue weighted by atomic mass is 10.4. The minimum Gasteiger partial charge on any atom is -0.310 e. The zero-order valence-corrected chi connectivity index (χ0v) is 12.3. The highest BCUT2D eigenvalue weighted by molar-refractivity contribution is 7.99. The number of rotatable bonds is 7. The molecule has 1 atom stereocenters. The molecule has 1 N–H and O–H groups in total. The molecule has 1 aromatic rings. The molecule has 0 radical (unpaired) electrons. The Morgan fingerprint density at radius 2 is 2.19 bits per heavy atom. The lowest BCUT2D eigenvalue weighted by molar-refractivity contribution is 0.593. The maximum absolute atomic E-state index is 4.46. The zero-order chi connectivity index (χ0) is 12.0. The molecule has 0 aliphatic carbocycles. The van der Waals surface area contributed by atoms with E-state index >= 15 is 0 Å². The average Bonchev–Trinajstić information content (AvgIpc) is 2.71. The lowest BCUT2D eigenvalue weighted by Gasteiger charge is -2.05. The Bertz CT molecular complexity index is 297. The molecular weight excluding hydrogens is 236 g/mol. The second-order valence-electron chi connectivity index (χ2n) is 4.29. The quantitative estimate of drug-likeness (QED) is 0.807. The smallest absolute Gasteiger partial charge is 0.103 e. The molecule has 0 fully saturated rings. The molecule has 0 bridgehead atoms. The Labute approximate surface area is 107 Å². The van der Waals surface area contributed by atoms with Gasteiger partial charge in [-0.15, -0.1) is 11.3 Å². The van der Waals surface area contributed by atoms with E-state index in [2.05, 4.69) is 38.0 Å². The fourth-order valence-electron chi connectivity index (χ4n) is 1.13. The Hall–Kier alpha value is -0.0600. The predicted molar refractivity (Wildman–Crippen MR) is 75.1 cm³/mol. The van der Waals surface area contributed by atoms with Crippen LogP contribution in [0, 0.1) is 0 Å². The third-order valence-electron chi connectivity index (χ3n) is 2.35. The fraction of sp³-hybridized carbons (Fsp3) is 0.750. The maximum Gasteiger partial charge on any atom is 0.103 e. The SMILES string of the molecule is CCC(C)SCc1ncc(CNC(C)C)s1. The van der Waals surface area contributed by atoms with Crippen LogP contribution < -0.4 is 5.32 Å². The van der Waals surface area contributed by atoms with Crippen molar-refractivity contribution in [1.82, 2.24) is 10.3 Å². The van der Waals surface area contributed by atoms with E-state index in [0.717, 1.165) is 17.5 Å². The topological polar surface area (TPSA) is 24.9 Å². The van der Waals surface area contributed by atoms with Gasteiger partial charge < -0.3 is 5.32 Å². The van der Waals surface area contributed by atoms with Gasteiger partial charge in [-0.25, -0.2) is 4.98 Å². The molecule has 0 aliphatic heterocycles. The van der Waals surface area contributed by atoms with Crippen molar-refractivity contribution in [3.05, 3.63) is 16.1 Å². The standard InChI is InChI=1S/C12H22N2S2/c1-5-10(4)15-8-12-14-7-11(16-12)6-13-9(2)3/h7,9-10,13H,5-6,8H2,1-4H3. The van der Waals surface area contributed by atoms with E-state index < -0.39 is 0 Å². The minimum atomic E-state index is 0.542. The molecule has 0 aliphatic rings. The largest absolute Gasteiger partial charge is 0.310 e. The summed E-state index contributed by atoms with van der Waals surface area (Å²) in [6, 6.07) is 0.542. The molecule has 1 rings (SSSR count). The van der Waals surface area contributed by atoms with Crippen molar-refractivity contribution in [3.8, 4) is 0 Å². The van der Waals surface area contributed by atoms with Gasteiger partial charge >= 0.3 is 0 Å². The van der Waals surface area contributed by atoms with Crippen LogP contribution in [0.15, 0.2) is 6.20 Å². The van der Waals surface area contributed by atoms with Crippen LogP contribution in [0.2, 0.25) is 0 Å². The molecule has 92 valence electrons. The van der Waals surface area contributed by atoms with E-state index in [9.17, 15) is 0 Å². The number of hydrogen-bond donors (Lipinski definition) is 1. The molecule has 1 unspecified atom stereocenters. The van der Waals surface area contributed by atoms with Gasteiger partial charge in [0, 0.05) is 34.7 Å². The van der Waals surface area contributed by atoms with E-state index in [4.69, 9.17) is 0 Å². The highest BCUT2D eigenvalue weighted by Gasteiger charge is 2.05. The summed E-state index contributed by atoms with van der Waals surface area (Å²) in [7, 11) is 0. The summed E-state index contributed by atoms with van der Waals surface area (Å²) < 4.78 is 0. The summed E-state index contributed by atoms with van der Waals surface area (Å²) in [5.41, 5.74) is 0. The Balaban J connectivity index is 2.33. The Morgan fingerprint density at radius 1 is 1.44 bits per heavy atom. The molecule has 0 amide bonds. The Kier molecular flexibility index (Phi) is 6.39. The van der Waals surface area contributed by atoms with Crippen molar-refractivity contribution in [2.24, 2.45) is 0 Å². The second-order valence-corrected chi connectivity index (χ2v) is 6.91. The Morgan fingerprint density at radius 3 is 2.81 bits per heavy atom. The molecule has 2 nitrogen and oxygen atoms in total. The number of thiazole rings is 1. The number of hydrogen-bond acceptors (Lipinski definition) is 4. The van der Waals surface area contributed by atoms with Crippen molar-refractivity contribution in [1.29, 1.82) is 0 Å². The monoisotopic (exact) mass is 258 g/mol. The van der Waals surface area contributed by atoms with Crippen LogP contribution in [0.25, 0.3) is 0 Å². The van der Waals surface area contributed by atoms with Crippen LogP contribution in [-0.4, -0.2) is 16.3 Å². The van der Waals surface area contributed by atoms with Gasteiger partial charge in [0.15, 0.2) is 0 Å². The molecule has 4 heteroatoms. The van der Waals surface area contributed by atoms with Crippen LogP contribution in [0.3, 0.4) is 0 Å². The van der Waals surface area contributed by atoms with Crippen molar-refractivity contribution in [2.75, 3.05) is 0 Å². The van der Waals surface area contributed by atoms with Crippen molar-refractivity contribution < 1.29 is 0 Å². The van der Waals surface area contributed by atoms with Crippen molar-refractivity contribution >= 4 is 23.1 Å². The van der Waals surface area contributed by atoms with Gasteiger partial charge in [0.1, 0.15) is 5.01 Å². The van der Waals surface area contributed by atoms with Crippen LogP contribution >= 0.6 is 23.1 Å². The zero-order valence-electron chi connectivity index (χ0n) is 10.6. The fourth-order valence-corrected chi connectivity index (χ4v) is 2.98. The highest BCUT2D eigenvalue weighted by Crippen LogP contribution is 2.23. The van der Waals surface area contributed by atoms with E-state index in [-0.39, 0.29) is 0 Å². The van der Waals surface area contributed by atoms with Gasteiger partial charge in [0.05, 0.1) is 0 Å². The summed E-state index contributed by atoms with van der Waals surface area (Å²) >= 11 is 3.83. The van der Waals surface area contributed by atoms with E-state index in [1.807, 2.05) is 29.3 Å². The van der Waals surface area contributed by atoms with Gasteiger partial charge in [0.2, 0.25) is 0 Å². The molecule has 1 aromatic heterocycles. The van der Waals surface area contributed by atoms with Crippen LogP contribution in [-0.2, 0) is 12.3 Å². The van der Waals surface area contributed by atoms with Gasteiger partial charge in [0.25, 0.3) is 0 Å². The minimum absolute atomic E-state index is 0.542. The summed E-state index contributed by atoms with van der Waals surface area (Å²) in [5, 5.41) is 5.41. The van der Waals surface area contributed by atoms with E-state index in [0.29, 0.717) is 6.04 Å². The van der Waals surface area contributed by atoms with Gasteiger partial charge in [-0.05, 0) is 6.42 Å². The van der Waals surface area contributed by atoms with Crippen LogP contribution in [0.4, 0.5) is 0 Å². The summed E-state index contributed by atoms with van der Waals surface area (Å²) in [6.45, 7) is 9.79. The summed E-state index contributed by atoms with van der Waals surface area (Å²) in [6.07, 6.45) is 3.24. The van der Waals surface area contributed by atoms with Gasteiger partial charge in [-0.3, -0.25) is 0 Å². The molecule has 0 spiro atoms. The first-order valence-electron chi connectivity index (χ1n) is 5.90. The van der Waals surface area contributed by atoms with Crippen LogP contribution in [0.5, 0.6) is 0 Å². The predicted octanol–water partition coefficient (Wildman–Crippen LogP) is 3.67. The van der Waals surface area contributed by atoms with E-state index in [1.165, 1.54) is 16.3 Å². The average molecular weight is 258 g/mol. The molecule has 16 heavy (non-hydrogen) atoms. The number of thioether (sulfide) groups is 1. The lowest BCUT2D eigenvalue weighted by Crippen LogP contribution is -2.21. The number of nitrogens with one attached hydrogen (secondary N) is 1. The summed E-state index contributed by atoms with van der Waals surface area (Å²) in [4.78, 5) is 5.80. The number of nitrogens with zero attached hydrogens (tertiary/aromatic N) is 1. The molecule has 0 aromatic carbocycles. The second kappa shape index (κ2) is 7.30. The number of aromatic nitrogens is 1. The first-order chi connectivity index (χ1) is 7.61. The van der Waals surface area contributed by atoms with Crippen molar-refractivity contribution in [3.63, 3.8) is 0 Å². The third-order valence-corrected chi connectivity index (χ3v) is 4.87. The molecule has 0 saturated heterocycles. The molecular formula is C12H22N2S2. The highest BCUT2D eigenvalue weighted by atomic mass is 32.2. The van der Waals surface area contributed by atoms with Crippen molar-refractivity contribution in [2.45, 2.75) is 57.7 Å². The summed E-state index contributed by atoms with van der Waals surface area (Å²) in [5.74, 6) is 1.06. The van der Waals surface area contributed by atoms with Gasteiger partial charge in [-0.1, -0.05) is 27.7 Å². The maximum atomic E-state index is 4.46.